The third-order valence-electron chi connectivity index (χ3n) is 7.27. The van der Waals surface area contributed by atoms with Crippen LogP contribution in [0.2, 0.25) is 5.02 Å². The number of nitrogens with zero attached hydrogens (tertiary/aromatic N) is 1. The van der Waals surface area contributed by atoms with Gasteiger partial charge in [-0.15, -0.1) is 0 Å². The third kappa shape index (κ3) is 7.27. The highest BCUT2D eigenvalue weighted by Gasteiger charge is 2.42. The number of hydrogen-bond donors (Lipinski definition) is 3. The number of benzene rings is 1. The molecule has 2 heterocycles. The number of anilines is 1. The van der Waals surface area contributed by atoms with Crippen LogP contribution in [0.15, 0.2) is 18.2 Å². The number of likely N-dealkylation sites (tertiary alicyclic amines) is 1. The largest absolute Gasteiger partial charge is 0.433 e. The van der Waals surface area contributed by atoms with E-state index >= 15 is 0 Å². The van der Waals surface area contributed by atoms with Crippen LogP contribution < -0.4 is 16.0 Å². The maximum absolute atomic E-state index is 13.2. The molecule has 0 spiro atoms. The Morgan fingerprint density at radius 3 is 2.54 bits per heavy atom. The molecule has 1 aromatic carbocycles. The fourth-order valence-corrected chi connectivity index (χ4v) is 5.52. The molecule has 1 aromatic rings. The van der Waals surface area contributed by atoms with E-state index in [1.165, 1.54) is 30.0 Å². The Morgan fingerprint density at radius 1 is 1.10 bits per heavy atom. The van der Waals surface area contributed by atoms with Crippen molar-refractivity contribution in [3.63, 3.8) is 0 Å². The van der Waals surface area contributed by atoms with Gasteiger partial charge in [0, 0.05) is 19.0 Å². The van der Waals surface area contributed by atoms with Gasteiger partial charge in [0.15, 0.2) is 0 Å². The Morgan fingerprint density at radius 2 is 1.85 bits per heavy atom. The quantitative estimate of drug-likeness (QED) is 0.413. The van der Waals surface area contributed by atoms with Gasteiger partial charge < -0.3 is 30.3 Å². The number of nitrogens with one attached hydrogen (secondary N) is 3. The van der Waals surface area contributed by atoms with E-state index in [9.17, 15) is 24.0 Å². The molecule has 2 saturated heterocycles. The minimum atomic E-state index is -0.904. The molecule has 1 aliphatic carbocycles. The highest BCUT2D eigenvalue weighted by molar-refractivity contribution is 6.34. The molecule has 12 heteroatoms. The molecule has 3 aliphatic rings. The second kappa shape index (κ2) is 12.8. The van der Waals surface area contributed by atoms with Gasteiger partial charge in [0.05, 0.1) is 23.2 Å². The van der Waals surface area contributed by atoms with Crippen LogP contribution in [0.3, 0.4) is 0 Å². The van der Waals surface area contributed by atoms with Crippen LogP contribution in [0.4, 0.5) is 5.69 Å². The second-order valence-electron chi connectivity index (χ2n) is 10.3. The van der Waals surface area contributed by atoms with Gasteiger partial charge in [0.2, 0.25) is 24.0 Å². The Labute approximate surface area is 232 Å². The van der Waals surface area contributed by atoms with Crippen molar-refractivity contribution >= 4 is 46.9 Å². The number of carbonyl (C=O) groups excluding carboxylic acids is 5. The summed E-state index contributed by atoms with van der Waals surface area (Å²) >= 11 is 6.16. The molecular weight excluding hydrogens is 528 g/mol. The maximum Gasteiger partial charge on any atom is 0.310 e. The summed E-state index contributed by atoms with van der Waals surface area (Å²) in [6.07, 6.45) is 5.35. The zero-order valence-electron chi connectivity index (χ0n) is 22.2. The number of ether oxygens (including phenoxy) is 2. The third-order valence-corrected chi connectivity index (χ3v) is 7.58. The van der Waals surface area contributed by atoms with Crippen LogP contribution >= 0.6 is 11.6 Å². The molecule has 1 unspecified atom stereocenters. The zero-order valence-corrected chi connectivity index (χ0v) is 22.9. The second-order valence-corrected chi connectivity index (χ2v) is 10.7. The number of rotatable bonds is 8. The fraction of sp³-hybridized carbons (Fsp3) is 0.593. The Kier molecular flexibility index (Phi) is 9.45. The predicted octanol–water partition coefficient (Wildman–Crippen LogP) is 2.51. The van der Waals surface area contributed by atoms with Crippen molar-refractivity contribution in [3.8, 4) is 0 Å². The van der Waals surface area contributed by atoms with E-state index in [4.69, 9.17) is 21.1 Å². The van der Waals surface area contributed by atoms with E-state index < -0.39 is 42.2 Å². The summed E-state index contributed by atoms with van der Waals surface area (Å²) in [5.41, 5.74) is 0.593. The molecule has 0 bridgehead atoms. The molecule has 2 aliphatic heterocycles. The average molecular weight is 563 g/mol. The minimum absolute atomic E-state index is 0.000413. The maximum atomic E-state index is 13.2. The molecule has 11 nitrogen and oxygen atoms in total. The van der Waals surface area contributed by atoms with Crippen LogP contribution in [0.5, 0.6) is 0 Å². The van der Waals surface area contributed by atoms with Crippen molar-refractivity contribution in [2.45, 2.75) is 95.7 Å². The molecule has 4 amide bonds. The highest BCUT2D eigenvalue weighted by atomic mass is 35.5. The molecule has 1 saturated carbocycles. The zero-order chi connectivity index (χ0) is 28.1. The topological polar surface area (TPSA) is 143 Å². The summed E-state index contributed by atoms with van der Waals surface area (Å²) in [6, 6.07) is 2.16. The summed E-state index contributed by atoms with van der Waals surface area (Å²) in [5, 5.41) is 8.28. The normalized spacial score (nSPS) is 24.1. The van der Waals surface area contributed by atoms with Gasteiger partial charge in [-0.25, -0.2) is 0 Å². The lowest BCUT2D eigenvalue weighted by Gasteiger charge is -2.30. The fourth-order valence-electron chi connectivity index (χ4n) is 5.29. The van der Waals surface area contributed by atoms with E-state index in [0.29, 0.717) is 25.1 Å². The first-order chi connectivity index (χ1) is 18.6. The molecule has 4 atom stereocenters. The van der Waals surface area contributed by atoms with Crippen LogP contribution in [0, 0.1) is 0 Å². The van der Waals surface area contributed by atoms with Gasteiger partial charge in [-0.05, 0) is 50.8 Å². The lowest BCUT2D eigenvalue weighted by Crippen LogP contribution is -2.54. The van der Waals surface area contributed by atoms with Gasteiger partial charge in [-0.1, -0.05) is 30.9 Å². The molecule has 0 aromatic heterocycles. The molecular formula is C27H35ClN4O7. The number of hydrogen-bond acceptors (Lipinski definition) is 7. The number of amides is 4. The average Bonchev–Trinajstić information content (AvgIpc) is 3.51. The van der Waals surface area contributed by atoms with Crippen LogP contribution in [-0.2, 0) is 28.7 Å². The van der Waals surface area contributed by atoms with Crippen molar-refractivity contribution in [1.29, 1.82) is 0 Å². The Bertz CT molecular complexity index is 1120. The summed E-state index contributed by atoms with van der Waals surface area (Å²) in [5.74, 6) is -2.01. The number of halogens is 1. The lowest BCUT2D eigenvalue weighted by atomic mass is 9.98. The van der Waals surface area contributed by atoms with E-state index in [-0.39, 0.29) is 34.9 Å². The van der Waals surface area contributed by atoms with Gasteiger partial charge in [0.1, 0.15) is 18.1 Å². The summed E-state index contributed by atoms with van der Waals surface area (Å²) in [6.45, 7) is 3.27. The molecule has 3 N–H and O–H groups in total. The van der Waals surface area contributed by atoms with Crippen molar-refractivity contribution in [2.24, 2.45) is 0 Å². The summed E-state index contributed by atoms with van der Waals surface area (Å²) in [4.78, 5) is 63.9. The SMILES string of the molecule is CC(=O)Nc1ccc(C(=O)N[C@@H](C)C(=O)N2CCC[C@H]2C(=O)NC2CC(=O)O[C@H]2OC2CCCCC2)cc1Cl. The Balaban J connectivity index is 1.34. The molecule has 3 fully saturated rings. The predicted molar refractivity (Wildman–Crippen MR) is 142 cm³/mol. The Hall–Kier alpha value is -3.18. The van der Waals surface area contributed by atoms with Crippen LogP contribution in [0.1, 0.15) is 75.6 Å². The number of carbonyl (C=O) groups is 5. The van der Waals surface area contributed by atoms with Crippen molar-refractivity contribution in [3.05, 3.63) is 28.8 Å². The van der Waals surface area contributed by atoms with Gasteiger partial charge in [-0.2, -0.15) is 0 Å². The molecule has 39 heavy (non-hydrogen) atoms. The first-order valence-corrected chi connectivity index (χ1v) is 13.8. The number of esters is 1. The van der Waals surface area contributed by atoms with Crippen LogP contribution in [0.25, 0.3) is 0 Å². The van der Waals surface area contributed by atoms with E-state index in [1.54, 1.807) is 6.92 Å². The van der Waals surface area contributed by atoms with Gasteiger partial charge >= 0.3 is 5.97 Å². The van der Waals surface area contributed by atoms with Crippen molar-refractivity contribution in [1.82, 2.24) is 15.5 Å². The first kappa shape index (κ1) is 28.8. The molecule has 4 rings (SSSR count). The minimum Gasteiger partial charge on any atom is -0.433 e. The summed E-state index contributed by atoms with van der Waals surface area (Å²) in [7, 11) is 0. The monoisotopic (exact) mass is 562 g/mol. The lowest BCUT2D eigenvalue weighted by molar-refractivity contribution is -0.180. The first-order valence-electron chi connectivity index (χ1n) is 13.5. The van der Waals surface area contributed by atoms with Crippen molar-refractivity contribution < 1.29 is 33.4 Å². The highest BCUT2D eigenvalue weighted by Crippen LogP contribution is 2.27. The van der Waals surface area contributed by atoms with Gasteiger partial charge in [0.25, 0.3) is 5.91 Å². The molecule has 212 valence electrons. The smallest absolute Gasteiger partial charge is 0.310 e. The van der Waals surface area contributed by atoms with E-state index in [0.717, 1.165) is 32.1 Å². The van der Waals surface area contributed by atoms with Crippen molar-refractivity contribution in [2.75, 3.05) is 11.9 Å². The van der Waals surface area contributed by atoms with Gasteiger partial charge in [-0.3, -0.25) is 24.0 Å². The standard InChI is InChI=1S/C27H35ClN4O7/c1-15(29-24(35)17-10-11-20(19(28)13-17)30-16(2)33)26(37)32-12-6-9-22(32)25(36)31-21-14-23(34)39-27(21)38-18-7-4-3-5-8-18/h10-11,13,15,18,21-22,27H,3-9,12,14H2,1-2H3,(H,29,35)(H,30,33)(H,31,36)/t15-,21?,22-,27+/m0/s1. The summed E-state index contributed by atoms with van der Waals surface area (Å²) < 4.78 is 11.4. The number of cyclic esters (lactones) is 1. The van der Waals surface area contributed by atoms with E-state index in [2.05, 4.69) is 16.0 Å². The van der Waals surface area contributed by atoms with E-state index in [1.807, 2.05) is 0 Å². The van der Waals surface area contributed by atoms with Crippen LogP contribution in [-0.4, -0.2) is 71.6 Å². The molecule has 0 radical (unpaired) electrons.